The summed E-state index contributed by atoms with van der Waals surface area (Å²) in [5, 5.41) is 10.9. The van der Waals surface area contributed by atoms with Crippen molar-refractivity contribution in [1.29, 1.82) is 5.41 Å². The van der Waals surface area contributed by atoms with Crippen molar-refractivity contribution in [3.05, 3.63) is 12.3 Å². The molecule has 4 N–H and O–H groups in total. The van der Waals surface area contributed by atoms with Gasteiger partial charge in [0.05, 0.1) is 12.2 Å². The Kier molecular flexibility index (Phi) is 3.10. The molecule has 0 saturated heterocycles. The number of nitrogens with zero attached hydrogens (tertiary/aromatic N) is 2. The van der Waals surface area contributed by atoms with Crippen molar-refractivity contribution >= 4 is 15.9 Å². The summed E-state index contributed by atoms with van der Waals surface area (Å²) in [5.41, 5.74) is 5.17. The van der Waals surface area contributed by atoms with Crippen LogP contribution in [0.5, 0.6) is 0 Å². The van der Waals surface area contributed by atoms with E-state index in [1.165, 1.54) is 30.9 Å². The van der Waals surface area contributed by atoms with Crippen LogP contribution in [0.3, 0.4) is 0 Å². The lowest BCUT2D eigenvalue weighted by atomic mass is 10.3. The molecular formula is C7H13N5O2S. The molecule has 0 aliphatic carbocycles. The summed E-state index contributed by atoms with van der Waals surface area (Å²) in [4.78, 5) is 0. The number of nitrogens with two attached hydrogens (primary N) is 1. The second kappa shape index (κ2) is 3.99. The Morgan fingerprint density at radius 1 is 1.73 bits per heavy atom. The summed E-state index contributed by atoms with van der Waals surface area (Å²) in [6.07, 6.45) is 1.38. The average molecular weight is 231 g/mol. The zero-order chi connectivity index (χ0) is 11.6. The van der Waals surface area contributed by atoms with Crippen molar-refractivity contribution in [1.82, 2.24) is 14.5 Å². The summed E-state index contributed by atoms with van der Waals surface area (Å²) in [6.45, 7) is 1.50. The first-order valence-corrected chi connectivity index (χ1v) is 5.67. The first-order chi connectivity index (χ1) is 6.84. The quantitative estimate of drug-likeness (QED) is 0.456. The van der Waals surface area contributed by atoms with Gasteiger partial charge in [-0.15, -0.1) is 0 Å². The molecule has 0 spiro atoms. The van der Waals surface area contributed by atoms with E-state index >= 15 is 0 Å². The Morgan fingerprint density at radius 2 is 2.33 bits per heavy atom. The number of rotatable bonds is 4. The highest BCUT2D eigenvalue weighted by molar-refractivity contribution is 7.89. The molecule has 0 aliphatic heterocycles. The molecule has 0 aliphatic rings. The molecule has 1 aromatic heterocycles. The van der Waals surface area contributed by atoms with Gasteiger partial charge in [-0.2, -0.15) is 9.82 Å². The Morgan fingerprint density at radius 3 is 2.73 bits per heavy atom. The highest BCUT2D eigenvalue weighted by atomic mass is 32.2. The van der Waals surface area contributed by atoms with Crippen molar-refractivity contribution in [3.63, 3.8) is 0 Å². The number of aromatic nitrogens is 2. The highest BCUT2D eigenvalue weighted by Gasteiger charge is 2.21. The topological polar surface area (TPSA) is 114 Å². The van der Waals surface area contributed by atoms with E-state index in [-0.39, 0.29) is 10.9 Å². The van der Waals surface area contributed by atoms with E-state index in [0.29, 0.717) is 0 Å². The van der Waals surface area contributed by atoms with Crippen LogP contribution in [0.4, 0.5) is 0 Å². The first-order valence-electron chi connectivity index (χ1n) is 4.19. The first kappa shape index (κ1) is 11.7. The van der Waals surface area contributed by atoms with Crippen LogP contribution >= 0.6 is 0 Å². The maximum atomic E-state index is 11.7. The van der Waals surface area contributed by atoms with Crippen LogP contribution in [0.25, 0.3) is 0 Å². The van der Waals surface area contributed by atoms with Crippen molar-refractivity contribution in [2.75, 3.05) is 0 Å². The molecule has 0 fully saturated rings. The number of hydrogen-bond acceptors (Lipinski definition) is 4. The molecule has 1 heterocycles. The van der Waals surface area contributed by atoms with E-state index < -0.39 is 16.1 Å². The number of sulfonamides is 1. The number of amidine groups is 1. The third-order valence-electron chi connectivity index (χ3n) is 1.85. The molecule has 0 saturated carbocycles. The Balaban J connectivity index is 2.96. The Labute approximate surface area is 87.8 Å². The molecule has 1 unspecified atom stereocenters. The van der Waals surface area contributed by atoms with Crippen molar-refractivity contribution in [2.45, 2.75) is 18.0 Å². The predicted octanol–water partition coefficient (Wildman–Crippen LogP) is -0.977. The van der Waals surface area contributed by atoms with Gasteiger partial charge in [0.1, 0.15) is 5.84 Å². The monoisotopic (exact) mass is 231 g/mol. The van der Waals surface area contributed by atoms with Crippen LogP contribution in [0.15, 0.2) is 17.3 Å². The van der Waals surface area contributed by atoms with E-state index in [1.54, 1.807) is 0 Å². The van der Waals surface area contributed by atoms with Crippen LogP contribution in [0.1, 0.15) is 6.92 Å². The van der Waals surface area contributed by atoms with Crippen molar-refractivity contribution < 1.29 is 8.42 Å². The SMILES string of the molecule is CC(NS(=O)(=O)c1ccnn1C)C(=N)N. The molecule has 8 heteroatoms. The molecule has 0 aromatic carbocycles. The Hall–Kier alpha value is -1.41. The van der Waals surface area contributed by atoms with Gasteiger partial charge in [0.2, 0.25) is 0 Å². The van der Waals surface area contributed by atoms with Gasteiger partial charge in [0.25, 0.3) is 10.0 Å². The fraction of sp³-hybridized carbons (Fsp3) is 0.429. The average Bonchev–Trinajstić information content (AvgIpc) is 2.50. The van der Waals surface area contributed by atoms with Crippen molar-refractivity contribution in [2.24, 2.45) is 12.8 Å². The predicted molar refractivity (Wildman–Crippen MR) is 54.9 cm³/mol. The molecule has 0 amide bonds. The highest BCUT2D eigenvalue weighted by Crippen LogP contribution is 2.06. The Bertz CT molecular complexity index is 463. The summed E-state index contributed by atoms with van der Waals surface area (Å²) < 4.78 is 26.9. The van der Waals surface area contributed by atoms with Gasteiger partial charge in [-0.05, 0) is 13.0 Å². The number of hydrogen-bond donors (Lipinski definition) is 3. The van der Waals surface area contributed by atoms with E-state index in [4.69, 9.17) is 11.1 Å². The molecule has 0 bridgehead atoms. The van der Waals surface area contributed by atoms with Gasteiger partial charge in [0.15, 0.2) is 5.03 Å². The van der Waals surface area contributed by atoms with E-state index in [1.807, 2.05) is 0 Å². The van der Waals surface area contributed by atoms with Gasteiger partial charge >= 0.3 is 0 Å². The van der Waals surface area contributed by atoms with Crippen LogP contribution in [-0.4, -0.2) is 30.1 Å². The van der Waals surface area contributed by atoms with Crippen LogP contribution in [0, 0.1) is 5.41 Å². The molecule has 1 aromatic rings. The van der Waals surface area contributed by atoms with Gasteiger partial charge in [-0.3, -0.25) is 10.1 Å². The summed E-state index contributed by atoms with van der Waals surface area (Å²) in [6, 6.07) is 0.639. The fourth-order valence-corrected chi connectivity index (χ4v) is 2.33. The minimum Gasteiger partial charge on any atom is -0.386 e. The second-order valence-electron chi connectivity index (χ2n) is 3.09. The number of aryl methyl sites for hydroxylation is 1. The van der Waals surface area contributed by atoms with Crippen molar-refractivity contribution in [3.8, 4) is 0 Å². The zero-order valence-electron chi connectivity index (χ0n) is 8.43. The van der Waals surface area contributed by atoms with E-state index in [2.05, 4.69) is 9.82 Å². The van der Waals surface area contributed by atoms with Crippen LogP contribution < -0.4 is 10.5 Å². The minimum atomic E-state index is -3.66. The molecule has 15 heavy (non-hydrogen) atoms. The normalized spacial score (nSPS) is 13.7. The van der Waals surface area contributed by atoms with Gasteiger partial charge < -0.3 is 5.73 Å². The van der Waals surface area contributed by atoms with E-state index in [9.17, 15) is 8.42 Å². The lowest BCUT2D eigenvalue weighted by molar-refractivity contribution is 0.560. The fourth-order valence-electron chi connectivity index (χ4n) is 0.982. The van der Waals surface area contributed by atoms with Gasteiger partial charge in [-0.25, -0.2) is 8.42 Å². The molecule has 1 rings (SSSR count). The second-order valence-corrected chi connectivity index (χ2v) is 4.75. The maximum absolute atomic E-state index is 11.7. The molecule has 0 radical (unpaired) electrons. The van der Waals surface area contributed by atoms with Gasteiger partial charge in [0, 0.05) is 7.05 Å². The molecule has 84 valence electrons. The van der Waals surface area contributed by atoms with Crippen LogP contribution in [-0.2, 0) is 17.1 Å². The summed E-state index contributed by atoms with van der Waals surface area (Å²) >= 11 is 0. The lowest BCUT2D eigenvalue weighted by Crippen LogP contribution is -2.42. The zero-order valence-corrected chi connectivity index (χ0v) is 9.25. The standard InChI is InChI=1S/C7H13N5O2S/c1-5(7(8)9)11-15(13,14)6-3-4-10-12(6)2/h3-5,11H,1-2H3,(H3,8,9). The molecule has 7 nitrogen and oxygen atoms in total. The number of nitrogens with one attached hydrogen (secondary N) is 2. The lowest BCUT2D eigenvalue weighted by Gasteiger charge is -2.12. The largest absolute Gasteiger partial charge is 0.386 e. The third kappa shape index (κ3) is 2.54. The van der Waals surface area contributed by atoms with Crippen LogP contribution in [0.2, 0.25) is 0 Å². The minimum absolute atomic E-state index is 0.0376. The molecule has 1 atom stereocenters. The molecular weight excluding hydrogens is 218 g/mol. The summed E-state index contributed by atoms with van der Waals surface area (Å²) in [5.74, 6) is -0.235. The van der Waals surface area contributed by atoms with Gasteiger partial charge in [-0.1, -0.05) is 0 Å². The summed E-state index contributed by atoms with van der Waals surface area (Å²) in [7, 11) is -2.14. The third-order valence-corrected chi connectivity index (χ3v) is 3.46. The smallest absolute Gasteiger partial charge is 0.258 e. The van der Waals surface area contributed by atoms with E-state index in [0.717, 1.165) is 0 Å². The maximum Gasteiger partial charge on any atom is 0.258 e.